The molecule has 0 bridgehead atoms. The molecule has 0 aliphatic rings. The number of unbranched alkanes of at least 4 members (excludes halogenated alkanes) is 1. The van der Waals surface area contributed by atoms with E-state index in [1.54, 1.807) is 43.5 Å². The van der Waals surface area contributed by atoms with Gasteiger partial charge in [-0.3, -0.25) is 0 Å². The predicted molar refractivity (Wildman–Crippen MR) is 87.5 cm³/mol. The van der Waals surface area contributed by atoms with E-state index in [0.717, 1.165) is 25.0 Å². The molecule has 0 fully saturated rings. The molecule has 0 aliphatic carbocycles. The fraction of sp³-hybridized carbons (Fsp3) is 0.211. The summed E-state index contributed by atoms with van der Waals surface area (Å²) in [6.45, 7) is 3.71. The number of allylic oxidation sites excluding steroid dienone is 1. The van der Waals surface area contributed by atoms with E-state index in [1.807, 2.05) is 18.2 Å². The topological polar surface area (TPSA) is 35.5 Å². The molecule has 0 N–H and O–H groups in total. The van der Waals surface area contributed by atoms with Crippen molar-refractivity contribution in [3.05, 3.63) is 72.3 Å². The Bertz CT molecular complexity index is 612. The standard InChI is InChI=1S/C19H20O3/c1-3-4-5-6-15-7-9-16(10-8-15)19(20)22-18-13-11-17(21-2)12-14-18/h3,7-14H,1,4-6H2,2H3. The Hall–Kier alpha value is -2.55. The molecule has 0 radical (unpaired) electrons. The zero-order valence-corrected chi connectivity index (χ0v) is 12.7. The van der Waals surface area contributed by atoms with Gasteiger partial charge in [-0.1, -0.05) is 18.2 Å². The van der Waals surface area contributed by atoms with Gasteiger partial charge in [0.2, 0.25) is 0 Å². The molecule has 0 atom stereocenters. The Balaban J connectivity index is 1.95. The van der Waals surface area contributed by atoms with Crippen molar-refractivity contribution in [2.75, 3.05) is 7.11 Å². The lowest BCUT2D eigenvalue weighted by Gasteiger charge is -2.06. The van der Waals surface area contributed by atoms with Crippen molar-refractivity contribution in [2.45, 2.75) is 19.3 Å². The maximum absolute atomic E-state index is 12.1. The number of ether oxygens (including phenoxy) is 2. The highest BCUT2D eigenvalue weighted by atomic mass is 16.5. The van der Waals surface area contributed by atoms with E-state index in [4.69, 9.17) is 9.47 Å². The van der Waals surface area contributed by atoms with Crippen LogP contribution in [0.4, 0.5) is 0 Å². The summed E-state index contributed by atoms with van der Waals surface area (Å²) in [6, 6.07) is 14.5. The summed E-state index contributed by atoms with van der Waals surface area (Å²) in [6.07, 6.45) is 4.97. The van der Waals surface area contributed by atoms with Crippen molar-refractivity contribution in [1.82, 2.24) is 0 Å². The molecule has 2 aromatic carbocycles. The molecule has 3 nitrogen and oxygen atoms in total. The second-order valence-electron chi connectivity index (χ2n) is 4.94. The smallest absolute Gasteiger partial charge is 0.343 e. The lowest BCUT2D eigenvalue weighted by atomic mass is 10.1. The van der Waals surface area contributed by atoms with Crippen molar-refractivity contribution < 1.29 is 14.3 Å². The first kappa shape index (κ1) is 15.8. The zero-order chi connectivity index (χ0) is 15.8. The zero-order valence-electron chi connectivity index (χ0n) is 12.7. The van der Waals surface area contributed by atoms with Crippen LogP contribution < -0.4 is 9.47 Å². The van der Waals surface area contributed by atoms with Crippen molar-refractivity contribution >= 4 is 5.97 Å². The number of carbonyl (C=O) groups excluding carboxylic acids is 1. The third-order valence-electron chi connectivity index (χ3n) is 3.33. The average Bonchev–Trinajstić information content (AvgIpc) is 2.56. The number of carbonyl (C=O) groups is 1. The van der Waals surface area contributed by atoms with E-state index in [1.165, 1.54) is 5.56 Å². The SMILES string of the molecule is C=CCCCc1ccc(C(=O)Oc2ccc(OC)cc2)cc1. The van der Waals surface area contributed by atoms with E-state index >= 15 is 0 Å². The minimum absolute atomic E-state index is 0.359. The van der Waals surface area contributed by atoms with Crippen LogP contribution >= 0.6 is 0 Å². The van der Waals surface area contributed by atoms with Crippen molar-refractivity contribution in [2.24, 2.45) is 0 Å². The summed E-state index contributed by atoms with van der Waals surface area (Å²) >= 11 is 0. The number of esters is 1. The number of aryl methyl sites for hydroxylation is 1. The average molecular weight is 296 g/mol. The van der Waals surface area contributed by atoms with Gasteiger partial charge in [0.05, 0.1) is 12.7 Å². The summed E-state index contributed by atoms with van der Waals surface area (Å²) in [4.78, 5) is 12.1. The Kier molecular flexibility index (Phi) is 5.78. The van der Waals surface area contributed by atoms with Gasteiger partial charge in [0, 0.05) is 0 Å². The van der Waals surface area contributed by atoms with E-state index < -0.39 is 0 Å². The third kappa shape index (κ3) is 4.48. The van der Waals surface area contributed by atoms with Gasteiger partial charge < -0.3 is 9.47 Å². The van der Waals surface area contributed by atoms with Crippen LogP contribution in [0.15, 0.2) is 61.2 Å². The van der Waals surface area contributed by atoms with Crippen LogP contribution in [-0.4, -0.2) is 13.1 Å². The van der Waals surface area contributed by atoms with E-state index in [9.17, 15) is 4.79 Å². The monoisotopic (exact) mass is 296 g/mol. The highest BCUT2D eigenvalue weighted by molar-refractivity contribution is 5.91. The molecule has 0 spiro atoms. The summed E-state index contributed by atoms with van der Waals surface area (Å²) in [7, 11) is 1.59. The van der Waals surface area contributed by atoms with Crippen LogP contribution in [0, 0.1) is 0 Å². The highest BCUT2D eigenvalue weighted by Crippen LogP contribution is 2.18. The van der Waals surface area contributed by atoms with Gasteiger partial charge in [-0.2, -0.15) is 0 Å². The van der Waals surface area contributed by atoms with Crippen LogP contribution in [-0.2, 0) is 6.42 Å². The first-order chi connectivity index (χ1) is 10.7. The predicted octanol–water partition coefficient (Wildman–Crippen LogP) is 4.42. The lowest BCUT2D eigenvalue weighted by molar-refractivity contribution is 0.0734. The number of hydrogen-bond acceptors (Lipinski definition) is 3. The fourth-order valence-electron chi connectivity index (χ4n) is 2.07. The molecular formula is C19H20O3. The number of benzene rings is 2. The van der Waals surface area contributed by atoms with Crippen molar-refractivity contribution in [3.63, 3.8) is 0 Å². The Morgan fingerprint density at radius 3 is 2.27 bits per heavy atom. The summed E-state index contributed by atoms with van der Waals surface area (Å²) in [5.41, 5.74) is 1.76. The maximum Gasteiger partial charge on any atom is 0.343 e. The molecule has 22 heavy (non-hydrogen) atoms. The molecule has 0 saturated carbocycles. The van der Waals surface area contributed by atoms with E-state index in [2.05, 4.69) is 6.58 Å². The van der Waals surface area contributed by atoms with Crippen molar-refractivity contribution in [1.29, 1.82) is 0 Å². The first-order valence-electron chi connectivity index (χ1n) is 7.29. The Morgan fingerprint density at radius 1 is 1.05 bits per heavy atom. The largest absolute Gasteiger partial charge is 0.497 e. The number of hydrogen-bond donors (Lipinski definition) is 0. The van der Waals surface area contributed by atoms with Crippen LogP contribution in [0.3, 0.4) is 0 Å². The minimum atomic E-state index is -0.359. The summed E-state index contributed by atoms with van der Waals surface area (Å²) in [5.74, 6) is 0.868. The second-order valence-corrected chi connectivity index (χ2v) is 4.94. The van der Waals surface area contributed by atoms with Gasteiger partial charge in [-0.05, 0) is 61.2 Å². The van der Waals surface area contributed by atoms with E-state index in [-0.39, 0.29) is 5.97 Å². The molecular weight excluding hydrogens is 276 g/mol. The van der Waals surface area contributed by atoms with Gasteiger partial charge >= 0.3 is 5.97 Å². The Morgan fingerprint density at radius 2 is 1.68 bits per heavy atom. The van der Waals surface area contributed by atoms with Gasteiger partial charge in [0.1, 0.15) is 11.5 Å². The van der Waals surface area contributed by atoms with Crippen LogP contribution in [0.2, 0.25) is 0 Å². The second kappa shape index (κ2) is 8.03. The molecule has 0 aliphatic heterocycles. The maximum atomic E-state index is 12.1. The van der Waals surface area contributed by atoms with Crippen molar-refractivity contribution in [3.8, 4) is 11.5 Å². The third-order valence-corrected chi connectivity index (χ3v) is 3.33. The minimum Gasteiger partial charge on any atom is -0.497 e. The van der Waals surface area contributed by atoms with Gasteiger partial charge in [-0.25, -0.2) is 4.79 Å². The molecule has 3 heteroatoms. The normalized spacial score (nSPS) is 10.0. The summed E-state index contributed by atoms with van der Waals surface area (Å²) < 4.78 is 10.4. The molecule has 0 heterocycles. The molecule has 2 rings (SSSR count). The van der Waals surface area contributed by atoms with Gasteiger partial charge in [0.15, 0.2) is 0 Å². The molecule has 0 unspecified atom stereocenters. The quantitative estimate of drug-likeness (QED) is 0.328. The molecule has 2 aromatic rings. The van der Waals surface area contributed by atoms with Crippen LogP contribution in [0.5, 0.6) is 11.5 Å². The first-order valence-corrected chi connectivity index (χ1v) is 7.29. The van der Waals surface area contributed by atoms with Crippen LogP contribution in [0.1, 0.15) is 28.8 Å². The van der Waals surface area contributed by atoms with Gasteiger partial charge in [-0.15, -0.1) is 6.58 Å². The number of methoxy groups -OCH3 is 1. The van der Waals surface area contributed by atoms with Gasteiger partial charge in [0.25, 0.3) is 0 Å². The Labute approximate surface area is 131 Å². The molecule has 0 aromatic heterocycles. The highest BCUT2D eigenvalue weighted by Gasteiger charge is 2.08. The summed E-state index contributed by atoms with van der Waals surface area (Å²) in [5, 5.41) is 0. The lowest BCUT2D eigenvalue weighted by Crippen LogP contribution is -2.08. The molecule has 0 saturated heterocycles. The number of rotatable bonds is 7. The molecule has 114 valence electrons. The van der Waals surface area contributed by atoms with Crippen LogP contribution in [0.25, 0.3) is 0 Å². The fourth-order valence-corrected chi connectivity index (χ4v) is 2.07. The van der Waals surface area contributed by atoms with E-state index in [0.29, 0.717) is 11.3 Å². The molecule has 0 amide bonds.